The molecule has 0 aliphatic carbocycles. The molecule has 0 aromatic heterocycles. The number of hydrogen-bond donors (Lipinski definition) is 2. The molecular weight excluding hydrogens is 403 g/mol. The maximum atomic E-state index is 13.7. The summed E-state index contributed by atoms with van der Waals surface area (Å²) in [6, 6.07) is 13.1. The molecule has 6 nitrogen and oxygen atoms in total. The molecule has 1 unspecified atom stereocenters. The topological polar surface area (TPSA) is 73.8 Å². The van der Waals surface area contributed by atoms with E-state index in [-0.39, 0.29) is 12.3 Å². The first kappa shape index (κ1) is 22.1. The van der Waals surface area contributed by atoms with Crippen molar-refractivity contribution in [2.45, 2.75) is 31.7 Å². The number of para-hydroxylation sites is 1. The van der Waals surface area contributed by atoms with Gasteiger partial charge in [-0.25, -0.2) is 12.8 Å². The van der Waals surface area contributed by atoms with Crippen molar-refractivity contribution in [1.29, 1.82) is 0 Å². The highest BCUT2D eigenvalue weighted by atomic mass is 32.2. The van der Waals surface area contributed by atoms with E-state index in [4.69, 9.17) is 0 Å². The van der Waals surface area contributed by atoms with Gasteiger partial charge in [0, 0.05) is 44.7 Å². The van der Waals surface area contributed by atoms with Crippen LogP contribution < -0.4 is 15.5 Å². The molecule has 0 fully saturated rings. The zero-order valence-corrected chi connectivity index (χ0v) is 18.5. The van der Waals surface area contributed by atoms with Gasteiger partial charge in [-0.05, 0) is 48.2 Å². The standard InChI is InChI=1S/C22H29FN4O2S/c1-16-12-17-6-4-5-7-21(17)27(16)11-10-25-22(24-2)26-14-19-13-20(23)9-8-18(19)15-30(3,28)29/h4-9,13,16H,10-12,14-15H2,1-3H3,(H2,24,25,26). The van der Waals surface area contributed by atoms with Gasteiger partial charge in [0.15, 0.2) is 15.8 Å². The van der Waals surface area contributed by atoms with Crippen molar-refractivity contribution in [3.63, 3.8) is 0 Å². The lowest BCUT2D eigenvalue weighted by molar-refractivity contribution is 0.599. The minimum absolute atomic E-state index is 0.122. The Balaban J connectivity index is 1.57. The second-order valence-corrected chi connectivity index (χ2v) is 9.85. The van der Waals surface area contributed by atoms with Crippen LogP contribution in [0.2, 0.25) is 0 Å². The SMILES string of the molecule is CN=C(NCCN1c2ccccc2CC1C)NCc1cc(F)ccc1CS(C)(=O)=O. The van der Waals surface area contributed by atoms with Crippen LogP contribution in [0.15, 0.2) is 47.5 Å². The second-order valence-electron chi connectivity index (χ2n) is 7.71. The second kappa shape index (κ2) is 9.47. The van der Waals surface area contributed by atoms with Gasteiger partial charge in [-0.2, -0.15) is 0 Å². The predicted octanol–water partition coefficient (Wildman–Crippen LogP) is 2.49. The Morgan fingerprint density at radius 2 is 1.97 bits per heavy atom. The number of anilines is 1. The van der Waals surface area contributed by atoms with E-state index in [9.17, 15) is 12.8 Å². The quantitative estimate of drug-likeness (QED) is 0.520. The van der Waals surface area contributed by atoms with Crippen molar-refractivity contribution < 1.29 is 12.8 Å². The average Bonchev–Trinajstić information content (AvgIpc) is 3.00. The lowest BCUT2D eigenvalue weighted by Gasteiger charge is -2.25. The van der Waals surface area contributed by atoms with Crippen LogP contribution >= 0.6 is 0 Å². The van der Waals surface area contributed by atoms with Gasteiger partial charge in [0.2, 0.25) is 0 Å². The fourth-order valence-corrected chi connectivity index (χ4v) is 4.69. The lowest BCUT2D eigenvalue weighted by atomic mass is 10.1. The Hall–Kier alpha value is -2.61. The summed E-state index contributed by atoms with van der Waals surface area (Å²) in [4.78, 5) is 6.60. The molecule has 0 spiro atoms. The highest BCUT2D eigenvalue weighted by molar-refractivity contribution is 7.89. The van der Waals surface area contributed by atoms with E-state index < -0.39 is 15.7 Å². The number of nitrogens with zero attached hydrogens (tertiary/aromatic N) is 2. The smallest absolute Gasteiger partial charge is 0.191 e. The molecule has 1 aliphatic heterocycles. The zero-order valence-electron chi connectivity index (χ0n) is 17.7. The first-order valence-electron chi connectivity index (χ1n) is 10.0. The summed E-state index contributed by atoms with van der Waals surface area (Å²) < 4.78 is 37.0. The first-order chi connectivity index (χ1) is 14.3. The van der Waals surface area contributed by atoms with Crippen molar-refractivity contribution in [3.8, 4) is 0 Å². The van der Waals surface area contributed by atoms with Gasteiger partial charge in [-0.1, -0.05) is 24.3 Å². The van der Waals surface area contributed by atoms with Crippen LogP contribution in [0.4, 0.5) is 10.1 Å². The maximum Gasteiger partial charge on any atom is 0.191 e. The zero-order chi connectivity index (χ0) is 21.7. The molecule has 2 aromatic rings. The van der Waals surface area contributed by atoms with E-state index in [2.05, 4.69) is 51.7 Å². The van der Waals surface area contributed by atoms with Crippen molar-refractivity contribution in [2.75, 3.05) is 31.3 Å². The number of benzene rings is 2. The minimum Gasteiger partial charge on any atom is -0.367 e. The molecule has 0 saturated heterocycles. The molecule has 2 N–H and O–H groups in total. The Morgan fingerprint density at radius 1 is 1.20 bits per heavy atom. The molecule has 0 bridgehead atoms. The Bertz CT molecular complexity index is 1020. The van der Waals surface area contributed by atoms with Gasteiger partial charge in [-0.15, -0.1) is 0 Å². The number of nitrogens with one attached hydrogen (secondary N) is 2. The van der Waals surface area contributed by atoms with Crippen LogP contribution in [0.1, 0.15) is 23.6 Å². The summed E-state index contributed by atoms with van der Waals surface area (Å²) in [5.74, 6) is 0.0705. The summed E-state index contributed by atoms with van der Waals surface area (Å²) >= 11 is 0. The van der Waals surface area contributed by atoms with E-state index in [1.54, 1.807) is 7.05 Å². The fraction of sp³-hybridized carbons (Fsp3) is 0.409. The molecule has 8 heteroatoms. The average molecular weight is 433 g/mol. The third kappa shape index (κ3) is 5.72. The number of halogens is 1. The van der Waals surface area contributed by atoms with Crippen molar-refractivity contribution in [3.05, 3.63) is 65.0 Å². The molecule has 0 radical (unpaired) electrons. The molecule has 2 aromatic carbocycles. The van der Waals surface area contributed by atoms with Gasteiger partial charge < -0.3 is 15.5 Å². The molecule has 3 rings (SSSR count). The summed E-state index contributed by atoms with van der Waals surface area (Å²) in [7, 11) is -1.54. The number of rotatable bonds is 7. The largest absolute Gasteiger partial charge is 0.367 e. The van der Waals surface area contributed by atoms with Crippen LogP contribution in [0, 0.1) is 5.82 Å². The lowest BCUT2D eigenvalue weighted by Crippen LogP contribution is -2.42. The van der Waals surface area contributed by atoms with Gasteiger partial charge in [0.05, 0.1) is 5.75 Å². The molecule has 30 heavy (non-hydrogen) atoms. The van der Waals surface area contributed by atoms with Crippen LogP contribution in [0.25, 0.3) is 0 Å². The van der Waals surface area contributed by atoms with Crippen molar-refractivity contribution in [2.24, 2.45) is 4.99 Å². The van der Waals surface area contributed by atoms with Gasteiger partial charge in [0.1, 0.15) is 5.82 Å². The number of guanidine groups is 1. The van der Waals surface area contributed by atoms with Gasteiger partial charge in [0.25, 0.3) is 0 Å². The number of hydrogen-bond acceptors (Lipinski definition) is 4. The Labute approximate surface area is 178 Å². The van der Waals surface area contributed by atoms with E-state index >= 15 is 0 Å². The number of fused-ring (bicyclic) bond motifs is 1. The molecule has 0 amide bonds. The fourth-order valence-electron chi connectivity index (χ4n) is 3.85. The Kier molecular flexibility index (Phi) is 6.97. The Morgan fingerprint density at radius 3 is 2.70 bits per heavy atom. The highest BCUT2D eigenvalue weighted by Gasteiger charge is 2.24. The van der Waals surface area contributed by atoms with E-state index in [1.165, 1.54) is 35.7 Å². The normalized spacial score (nSPS) is 16.5. The summed E-state index contributed by atoms with van der Waals surface area (Å²) in [5, 5.41) is 6.44. The monoisotopic (exact) mass is 432 g/mol. The maximum absolute atomic E-state index is 13.7. The highest BCUT2D eigenvalue weighted by Crippen LogP contribution is 2.31. The van der Waals surface area contributed by atoms with Crippen molar-refractivity contribution >= 4 is 21.5 Å². The summed E-state index contributed by atoms with van der Waals surface area (Å²) in [6.45, 7) is 4.03. The van der Waals surface area contributed by atoms with Gasteiger partial charge in [-0.3, -0.25) is 4.99 Å². The molecule has 1 aliphatic rings. The van der Waals surface area contributed by atoms with Crippen LogP contribution in [-0.4, -0.2) is 46.8 Å². The summed E-state index contributed by atoms with van der Waals surface area (Å²) in [6.07, 6.45) is 2.22. The third-order valence-electron chi connectivity index (χ3n) is 5.25. The van der Waals surface area contributed by atoms with E-state index in [0.717, 1.165) is 13.0 Å². The summed E-state index contributed by atoms with van der Waals surface area (Å²) in [5.41, 5.74) is 3.84. The van der Waals surface area contributed by atoms with Crippen LogP contribution in [-0.2, 0) is 28.6 Å². The third-order valence-corrected chi connectivity index (χ3v) is 6.08. The van der Waals surface area contributed by atoms with Crippen LogP contribution in [0.5, 0.6) is 0 Å². The number of sulfone groups is 1. The van der Waals surface area contributed by atoms with E-state index in [0.29, 0.717) is 29.7 Å². The van der Waals surface area contributed by atoms with Gasteiger partial charge >= 0.3 is 0 Å². The first-order valence-corrected chi connectivity index (χ1v) is 12.1. The van der Waals surface area contributed by atoms with Crippen molar-refractivity contribution in [1.82, 2.24) is 10.6 Å². The number of aliphatic imine (C=N–C) groups is 1. The molecule has 0 saturated carbocycles. The van der Waals surface area contributed by atoms with E-state index in [1.807, 2.05) is 0 Å². The minimum atomic E-state index is -3.21. The van der Waals surface area contributed by atoms with Crippen LogP contribution in [0.3, 0.4) is 0 Å². The molecular formula is C22H29FN4O2S. The predicted molar refractivity (Wildman–Crippen MR) is 120 cm³/mol. The molecule has 162 valence electrons. The molecule has 1 atom stereocenters. The molecule has 1 heterocycles.